The largest absolute Gasteiger partial charge is 0.586 e. The van der Waals surface area contributed by atoms with Crippen LogP contribution in [0.3, 0.4) is 0 Å². The molecular formula is C11H12F2N2O3. The number of hydrogen-bond donors (Lipinski definition) is 2. The summed E-state index contributed by atoms with van der Waals surface area (Å²) >= 11 is 0. The van der Waals surface area contributed by atoms with Gasteiger partial charge in [-0.15, -0.1) is 8.78 Å². The summed E-state index contributed by atoms with van der Waals surface area (Å²) in [6.45, 7) is 0.417. The van der Waals surface area contributed by atoms with E-state index < -0.39 is 6.29 Å². The van der Waals surface area contributed by atoms with Gasteiger partial charge in [-0.3, -0.25) is 4.79 Å². The van der Waals surface area contributed by atoms with Gasteiger partial charge in [-0.25, -0.2) is 0 Å². The van der Waals surface area contributed by atoms with Crippen LogP contribution in [0.15, 0.2) is 18.2 Å². The van der Waals surface area contributed by atoms with Crippen LogP contribution in [-0.2, 0) is 4.79 Å². The van der Waals surface area contributed by atoms with Gasteiger partial charge in [0.15, 0.2) is 11.5 Å². The summed E-state index contributed by atoms with van der Waals surface area (Å²) in [6, 6.07) is 4.06. The normalized spacial score (nSPS) is 15.5. The second-order valence-electron chi connectivity index (χ2n) is 3.77. The second-order valence-corrected chi connectivity index (χ2v) is 3.77. The highest BCUT2D eigenvalue weighted by Crippen LogP contribution is 2.42. The predicted octanol–water partition coefficient (Wildman–Crippen LogP) is 1.69. The SMILES string of the molecule is NCCCC(=O)Nc1ccc2c(c1)OC(F)(F)O2. The quantitative estimate of drug-likeness (QED) is 0.861. The molecular weight excluding hydrogens is 246 g/mol. The number of carbonyl (C=O) groups is 1. The first kappa shape index (κ1) is 12.6. The standard InChI is InChI=1S/C11H12F2N2O3/c12-11(13)17-8-4-3-7(6-9(8)18-11)15-10(16)2-1-5-14/h3-4,6H,1-2,5,14H2,(H,15,16). The molecule has 3 N–H and O–H groups in total. The average Bonchev–Trinajstić information content (AvgIpc) is 2.59. The van der Waals surface area contributed by atoms with Crippen LogP contribution < -0.4 is 20.5 Å². The molecule has 0 saturated carbocycles. The summed E-state index contributed by atoms with van der Waals surface area (Å²) in [6.07, 6.45) is -2.81. The van der Waals surface area contributed by atoms with Crippen LogP contribution in [0.5, 0.6) is 11.5 Å². The number of anilines is 1. The van der Waals surface area contributed by atoms with Gasteiger partial charge in [0.2, 0.25) is 5.91 Å². The molecule has 0 atom stereocenters. The van der Waals surface area contributed by atoms with Crippen LogP contribution in [0.2, 0.25) is 0 Å². The van der Waals surface area contributed by atoms with E-state index >= 15 is 0 Å². The number of ether oxygens (including phenoxy) is 2. The number of alkyl halides is 2. The van der Waals surface area contributed by atoms with Crippen molar-refractivity contribution in [3.05, 3.63) is 18.2 Å². The fraction of sp³-hybridized carbons (Fsp3) is 0.364. The molecule has 0 spiro atoms. The molecule has 2 rings (SSSR count). The maximum absolute atomic E-state index is 12.8. The fourth-order valence-corrected chi connectivity index (χ4v) is 1.51. The third-order valence-electron chi connectivity index (χ3n) is 2.29. The predicted molar refractivity (Wildman–Crippen MR) is 59.6 cm³/mol. The third-order valence-corrected chi connectivity index (χ3v) is 2.29. The van der Waals surface area contributed by atoms with E-state index in [0.29, 0.717) is 18.7 Å². The van der Waals surface area contributed by atoms with E-state index in [9.17, 15) is 13.6 Å². The van der Waals surface area contributed by atoms with E-state index in [0.717, 1.165) is 0 Å². The van der Waals surface area contributed by atoms with Crippen molar-refractivity contribution in [1.29, 1.82) is 0 Å². The number of halogens is 2. The van der Waals surface area contributed by atoms with Crippen LogP contribution in [0.1, 0.15) is 12.8 Å². The maximum Gasteiger partial charge on any atom is 0.586 e. The molecule has 1 heterocycles. The minimum absolute atomic E-state index is 0.0556. The molecule has 1 aliphatic heterocycles. The second kappa shape index (κ2) is 4.77. The minimum atomic E-state index is -3.65. The molecule has 18 heavy (non-hydrogen) atoms. The molecule has 1 amide bonds. The lowest BCUT2D eigenvalue weighted by atomic mass is 10.2. The Kier molecular flexibility index (Phi) is 3.33. The number of amides is 1. The molecule has 0 saturated heterocycles. The maximum atomic E-state index is 12.8. The fourth-order valence-electron chi connectivity index (χ4n) is 1.51. The van der Waals surface area contributed by atoms with Crippen LogP contribution in [0.25, 0.3) is 0 Å². The van der Waals surface area contributed by atoms with E-state index in [-0.39, 0.29) is 23.8 Å². The molecule has 0 unspecified atom stereocenters. The van der Waals surface area contributed by atoms with Gasteiger partial charge in [-0.05, 0) is 25.1 Å². The Hall–Kier alpha value is -1.89. The topological polar surface area (TPSA) is 73.6 Å². The first-order valence-electron chi connectivity index (χ1n) is 5.40. The lowest BCUT2D eigenvalue weighted by Gasteiger charge is -2.05. The Morgan fingerprint density at radius 2 is 2.06 bits per heavy atom. The summed E-state index contributed by atoms with van der Waals surface area (Å²) < 4.78 is 34.0. The Morgan fingerprint density at radius 3 is 2.78 bits per heavy atom. The summed E-state index contributed by atoms with van der Waals surface area (Å²) in [5.74, 6) is -0.386. The zero-order chi connectivity index (χ0) is 13.2. The molecule has 5 nitrogen and oxygen atoms in total. The van der Waals surface area contributed by atoms with Gasteiger partial charge in [0.05, 0.1) is 0 Å². The Morgan fingerprint density at radius 1 is 1.33 bits per heavy atom. The average molecular weight is 258 g/mol. The van der Waals surface area contributed by atoms with E-state index in [1.807, 2.05) is 0 Å². The smallest absolute Gasteiger partial charge is 0.395 e. The number of nitrogens with two attached hydrogens (primary N) is 1. The van der Waals surface area contributed by atoms with E-state index in [1.54, 1.807) is 0 Å². The van der Waals surface area contributed by atoms with Gasteiger partial charge in [-0.2, -0.15) is 0 Å². The number of nitrogens with one attached hydrogen (secondary N) is 1. The Bertz CT molecular complexity index is 466. The van der Waals surface area contributed by atoms with E-state index in [1.165, 1.54) is 18.2 Å². The summed E-state index contributed by atoms with van der Waals surface area (Å²) in [5, 5.41) is 2.56. The first-order valence-corrected chi connectivity index (χ1v) is 5.40. The Balaban J connectivity index is 2.03. The van der Waals surface area contributed by atoms with E-state index in [4.69, 9.17) is 5.73 Å². The lowest BCUT2D eigenvalue weighted by molar-refractivity contribution is -0.286. The van der Waals surface area contributed by atoms with Crippen LogP contribution in [0.4, 0.5) is 14.5 Å². The van der Waals surface area contributed by atoms with Gasteiger partial charge in [0.1, 0.15) is 0 Å². The van der Waals surface area contributed by atoms with Crippen molar-refractivity contribution in [2.24, 2.45) is 5.73 Å². The molecule has 0 aromatic heterocycles. The highest BCUT2D eigenvalue weighted by atomic mass is 19.3. The highest BCUT2D eigenvalue weighted by Gasteiger charge is 2.43. The van der Waals surface area contributed by atoms with Crippen molar-refractivity contribution in [2.45, 2.75) is 19.1 Å². The van der Waals surface area contributed by atoms with Crippen molar-refractivity contribution in [3.8, 4) is 11.5 Å². The van der Waals surface area contributed by atoms with Gasteiger partial charge < -0.3 is 20.5 Å². The summed E-state index contributed by atoms with van der Waals surface area (Å²) in [4.78, 5) is 11.4. The van der Waals surface area contributed by atoms with Crippen molar-refractivity contribution in [2.75, 3.05) is 11.9 Å². The lowest BCUT2D eigenvalue weighted by Crippen LogP contribution is -2.25. The summed E-state index contributed by atoms with van der Waals surface area (Å²) in [7, 11) is 0. The zero-order valence-electron chi connectivity index (χ0n) is 9.41. The summed E-state index contributed by atoms with van der Waals surface area (Å²) in [5.41, 5.74) is 5.65. The van der Waals surface area contributed by atoms with Gasteiger partial charge in [-0.1, -0.05) is 0 Å². The molecule has 0 bridgehead atoms. The minimum Gasteiger partial charge on any atom is -0.395 e. The number of carbonyl (C=O) groups excluding carboxylic acids is 1. The van der Waals surface area contributed by atoms with Gasteiger partial charge in [0, 0.05) is 18.2 Å². The molecule has 0 aliphatic carbocycles. The van der Waals surface area contributed by atoms with Gasteiger partial charge in [0.25, 0.3) is 0 Å². The third kappa shape index (κ3) is 2.86. The van der Waals surface area contributed by atoms with Crippen LogP contribution in [-0.4, -0.2) is 18.7 Å². The monoisotopic (exact) mass is 258 g/mol. The van der Waals surface area contributed by atoms with Crippen LogP contribution in [0, 0.1) is 0 Å². The molecule has 1 aromatic rings. The van der Waals surface area contributed by atoms with Crippen LogP contribution >= 0.6 is 0 Å². The number of fused-ring (bicyclic) bond motifs is 1. The molecule has 0 radical (unpaired) electrons. The Labute approximate surface area is 102 Å². The number of rotatable bonds is 4. The van der Waals surface area contributed by atoms with Crippen molar-refractivity contribution in [3.63, 3.8) is 0 Å². The van der Waals surface area contributed by atoms with Gasteiger partial charge >= 0.3 is 6.29 Å². The van der Waals surface area contributed by atoms with Crippen molar-refractivity contribution >= 4 is 11.6 Å². The molecule has 7 heteroatoms. The molecule has 98 valence electrons. The molecule has 1 aromatic carbocycles. The zero-order valence-corrected chi connectivity index (χ0v) is 9.41. The number of hydrogen-bond acceptors (Lipinski definition) is 4. The highest BCUT2D eigenvalue weighted by molar-refractivity contribution is 5.91. The van der Waals surface area contributed by atoms with Crippen molar-refractivity contribution < 1.29 is 23.0 Å². The molecule has 0 fully saturated rings. The molecule has 1 aliphatic rings. The van der Waals surface area contributed by atoms with Crippen molar-refractivity contribution in [1.82, 2.24) is 0 Å². The number of benzene rings is 1. The first-order chi connectivity index (χ1) is 8.50. The van der Waals surface area contributed by atoms with E-state index in [2.05, 4.69) is 14.8 Å².